The van der Waals surface area contributed by atoms with Crippen LogP contribution in [0, 0.1) is 0 Å². The second-order valence-electron chi connectivity index (χ2n) is 4.12. The molecule has 2 rings (SSSR count). The maximum absolute atomic E-state index is 11.0. The second-order valence-corrected chi connectivity index (χ2v) is 5.13. The lowest BCUT2D eigenvalue weighted by Crippen LogP contribution is -2.11. The molecule has 2 atom stereocenters. The molecule has 1 aliphatic rings. The Balaban J connectivity index is 1.97. The van der Waals surface area contributed by atoms with Crippen LogP contribution in [0.15, 0.2) is 23.4 Å². The predicted molar refractivity (Wildman–Crippen MR) is 65.5 cm³/mol. The largest absolute Gasteiger partial charge is 0.478 e. The molecule has 17 heavy (non-hydrogen) atoms. The molecule has 0 aromatic carbocycles. The fraction of sp³-hybridized carbons (Fsp3) is 0.500. The number of hydrogen-bond acceptors (Lipinski definition) is 4. The molecule has 0 aliphatic carbocycles. The minimum Gasteiger partial charge on any atom is -0.478 e. The van der Waals surface area contributed by atoms with Crippen LogP contribution < -0.4 is 0 Å². The Kier molecular flexibility index (Phi) is 4.02. The number of rotatable bonds is 4. The van der Waals surface area contributed by atoms with Gasteiger partial charge in [-0.1, -0.05) is 0 Å². The van der Waals surface area contributed by atoms with Gasteiger partial charge in [-0.3, -0.25) is 0 Å². The summed E-state index contributed by atoms with van der Waals surface area (Å²) in [7, 11) is 0. The van der Waals surface area contributed by atoms with Crippen molar-refractivity contribution in [2.24, 2.45) is 0 Å². The van der Waals surface area contributed by atoms with Crippen molar-refractivity contribution in [2.75, 3.05) is 5.75 Å². The third-order valence-electron chi connectivity index (χ3n) is 2.73. The Bertz CT molecular complexity index is 410. The predicted octanol–water partition coefficient (Wildman–Crippen LogP) is 2.44. The van der Waals surface area contributed by atoms with Gasteiger partial charge in [0.2, 0.25) is 0 Å². The van der Waals surface area contributed by atoms with E-state index in [0.717, 1.165) is 18.6 Å². The van der Waals surface area contributed by atoms with Crippen molar-refractivity contribution >= 4 is 17.7 Å². The molecular formula is C12H15NO3S. The average molecular weight is 253 g/mol. The van der Waals surface area contributed by atoms with Gasteiger partial charge in [-0.15, -0.1) is 11.8 Å². The summed E-state index contributed by atoms with van der Waals surface area (Å²) >= 11 is 1.46. The van der Waals surface area contributed by atoms with E-state index in [-0.39, 0.29) is 11.7 Å². The van der Waals surface area contributed by atoms with E-state index in [1.54, 1.807) is 18.3 Å². The van der Waals surface area contributed by atoms with Crippen LogP contribution in [-0.2, 0) is 4.74 Å². The van der Waals surface area contributed by atoms with Crippen LogP contribution in [0.4, 0.5) is 0 Å². The third-order valence-corrected chi connectivity index (χ3v) is 3.86. The molecule has 2 unspecified atom stereocenters. The van der Waals surface area contributed by atoms with E-state index in [1.165, 1.54) is 11.8 Å². The van der Waals surface area contributed by atoms with Gasteiger partial charge in [-0.25, -0.2) is 9.78 Å². The normalized spacial score (nSPS) is 23.8. The Morgan fingerprint density at radius 1 is 1.65 bits per heavy atom. The lowest BCUT2D eigenvalue weighted by molar-refractivity contribution is 0.0684. The first-order chi connectivity index (χ1) is 8.16. The Hall–Kier alpha value is -1.07. The smallest absolute Gasteiger partial charge is 0.338 e. The van der Waals surface area contributed by atoms with Crippen LogP contribution in [-0.4, -0.2) is 34.0 Å². The first-order valence-corrected chi connectivity index (χ1v) is 6.62. The van der Waals surface area contributed by atoms with Crippen LogP contribution >= 0.6 is 11.8 Å². The van der Waals surface area contributed by atoms with Crippen molar-refractivity contribution in [1.29, 1.82) is 0 Å². The van der Waals surface area contributed by atoms with Gasteiger partial charge in [-0.2, -0.15) is 0 Å². The Morgan fingerprint density at radius 2 is 2.47 bits per heavy atom. The quantitative estimate of drug-likeness (QED) is 0.835. The van der Waals surface area contributed by atoms with Gasteiger partial charge in [-0.05, 0) is 31.9 Å². The van der Waals surface area contributed by atoms with Crippen LogP contribution in [0.25, 0.3) is 0 Å². The molecule has 1 aromatic heterocycles. The van der Waals surface area contributed by atoms with E-state index in [4.69, 9.17) is 9.84 Å². The molecule has 1 N–H and O–H groups in total. The highest BCUT2D eigenvalue weighted by Gasteiger charge is 2.22. The van der Waals surface area contributed by atoms with Crippen molar-refractivity contribution < 1.29 is 14.6 Å². The number of carboxylic acid groups (broad SMARTS) is 1. The van der Waals surface area contributed by atoms with E-state index < -0.39 is 5.97 Å². The molecule has 1 aromatic rings. The lowest BCUT2D eigenvalue weighted by atomic mass is 10.2. The van der Waals surface area contributed by atoms with Gasteiger partial charge in [0.05, 0.1) is 17.8 Å². The molecule has 92 valence electrons. The van der Waals surface area contributed by atoms with Crippen LogP contribution in [0.2, 0.25) is 0 Å². The van der Waals surface area contributed by atoms with Crippen molar-refractivity contribution in [3.05, 3.63) is 23.9 Å². The monoisotopic (exact) mass is 253 g/mol. The first-order valence-electron chi connectivity index (χ1n) is 5.63. The Morgan fingerprint density at radius 3 is 3.12 bits per heavy atom. The summed E-state index contributed by atoms with van der Waals surface area (Å²) in [4.78, 5) is 15.1. The highest BCUT2D eigenvalue weighted by atomic mass is 32.2. The summed E-state index contributed by atoms with van der Waals surface area (Å²) < 4.78 is 5.69. The van der Waals surface area contributed by atoms with Crippen molar-refractivity contribution in [1.82, 2.24) is 4.98 Å². The molecule has 1 aliphatic heterocycles. The third kappa shape index (κ3) is 3.20. The van der Waals surface area contributed by atoms with E-state index in [9.17, 15) is 4.79 Å². The van der Waals surface area contributed by atoms with Gasteiger partial charge in [0.25, 0.3) is 0 Å². The Labute approximate surface area is 104 Å². The topological polar surface area (TPSA) is 59.4 Å². The number of ether oxygens (including phenoxy) is 1. The average Bonchev–Trinajstić information content (AvgIpc) is 2.73. The maximum Gasteiger partial charge on any atom is 0.338 e. The fourth-order valence-electron chi connectivity index (χ4n) is 1.85. The minimum atomic E-state index is -0.929. The zero-order chi connectivity index (χ0) is 12.3. The number of hydrogen-bond donors (Lipinski definition) is 1. The molecule has 0 spiro atoms. The van der Waals surface area contributed by atoms with Crippen LogP contribution in [0.3, 0.4) is 0 Å². The molecule has 0 radical (unpaired) electrons. The lowest BCUT2D eigenvalue weighted by Gasteiger charge is -2.10. The van der Waals surface area contributed by atoms with Crippen molar-refractivity contribution in [2.45, 2.75) is 37.0 Å². The van der Waals surface area contributed by atoms with E-state index in [2.05, 4.69) is 11.9 Å². The number of carboxylic acids is 1. The molecule has 4 nitrogen and oxygen atoms in total. The molecule has 0 amide bonds. The number of aromatic nitrogens is 1. The molecule has 1 saturated heterocycles. The molecular weight excluding hydrogens is 238 g/mol. The summed E-state index contributed by atoms with van der Waals surface area (Å²) in [5, 5.41) is 9.59. The summed E-state index contributed by atoms with van der Waals surface area (Å²) in [5.74, 6) is -0.164. The van der Waals surface area contributed by atoms with E-state index in [1.807, 2.05) is 0 Å². The zero-order valence-corrected chi connectivity index (χ0v) is 10.4. The summed E-state index contributed by atoms with van der Waals surface area (Å²) in [6.07, 6.45) is 4.29. The number of thioether (sulfide) groups is 1. The zero-order valence-electron chi connectivity index (χ0n) is 9.63. The maximum atomic E-state index is 11.0. The molecule has 1 fully saturated rings. The molecule has 0 saturated carbocycles. The number of nitrogens with zero attached hydrogens (tertiary/aromatic N) is 1. The second kappa shape index (κ2) is 5.51. The highest BCUT2D eigenvalue weighted by Crippen LogP contribution is 2.27. The SMILES string of the molecule is CC1CCC(CSc2ncccc2C(=O)O)O1. The minimum absolute atomic E-state index is 0.221. The number of carbonyl (C=O) groups is 1. The summed E-state index contributed by atoms with van der Waals surface area (Å²) in [5.41, 5.74) is 0.267. The molecule has 5 heteroatoms. The van der Waals surface area contributed by atoms with E-state index in [0.29, 0.717) is 11.1 Å². The fourth-order valence-corrected chi connectivity index (χ4v) is 2.88. The first kappa shape index (κ1) is 12.4. The summed E-state index contributed by atoms with van der Waals surface area (Å²) in [6.45, 7) is 2.06. The highest BCUT2D eigenvalue weighted by molar-refractivity contribution is 7.99. The standard InChI is InChI=1S/C12H15NO3S/c1-8-4-5-9(16-8)7-17-11-10(12(14)15)3-2-6-13-11/h2-3,6,8-9H,4-5,7H2,1H3,(H,14,15). The van der Waals surface area contributed by atoms with Gasteiger partial charge in [0.15, 0.2) is 0 Å². The molecule has 2 heterocycles. The van der Waals surface area contributed by atoms with Crippen LogP contribution in [0.5, 0.6) is 0 Å². The van der Waals surface area contributed by atoms with Gasteiger partial charge in [0, 0.05) is 11.9 Å². The van der Waals surface area contributed by atoms with Gasteiger partial charge >= 0.3 is 5.97 Å². The summed E-state index contributed by atoms with van der Waals surface area (Å²) in [6, 6.07) is 3.22. The number of aromatic carboxylic acids is 1. The van der Waals surface area contributed by atoms with Gasteiger partial charge in [0.1, 0.15) is 5.03 Å². The van der Waals surface area contributed by atoms with Crippen LogP contribution in [0.1, 0.15) is 30.1 Å². The number of pyridine rings is 1. The van der Waals surface area contributed by atoms with Crippen molar-refractivity contribution in [3.8, 4) is 0 Å². The van der Waals surface area contributed by atoms with Gasteiger partial charge < -0.3 is 9.84 Å². The van der Waals surface area contributed by atoms with Crippen molar-refractivity contribution in [3.63, 3.8) is 0 Å². The molecule has 0 bridgehead atoms. The van der Waals surface area contributed by atoms with E-state index >= 15 is 0 Å².